The molecule has 4 rings (SSSR count). The molecule has 1 aromatic heterocycles. The van der Waals surface area contributed by atoms with E-state index in [4.69, 9.17) is 4.18 Å². The van der Waals surface area contributed by atoms with Crippen molar-refractivity contribution < 1.29 is 21.0 Å². The Bertz CT molecular complexity index is 1420. The van der Waals surface area contributed by atoms with Crippen molar-refractivity contribution in [3.05, 3.63) is 90.1 Å². The first-order valence-electron chi connectivity index (χ1n) is 9.64. The zero-order valence-corrected chi connectivity index (χ0v) is 18.4. The van der Waals surface area contributed by atoms with E-state index in [1.807, 2.05) is 6.92 Å². The van der Waals surface area contributed by atoms with Crippen LogP contribution in [0.3, 0.4) is 0 Å². The molecule has 1 heterocycles. The standard InChI is InChI=1S/C23H21NO5S2/c1-17-10-12-20(13-11-17)31(27,28)29-15-14-18-6-5-9-21-23(18)22(16-24-21)30(25,26)19-7-3-2-4-8-19/h2-13,16,24H,14-15H2,1H3. The number of H-pyrrole nitrogens is 1. The maximum atomic E-state index is 13.2. The summed E-state index contributed by atoms with van der Waals surface area (Å²) in [5.74, 6) is 0. The minimum absolute atomic E-state index is 0.0882. The van der Waals surface area contributed by atoms with Gasteiger partial charge in [0.15, 0.2) is 0 Å². The summed E-state index contributed by atoms with van der Waals surface area (Å²) in [5.41, 5.74) is 2.30. The summed E-state index contributed by atoms with van der Waals surface area (Å²) in [4.78, 5) is 3.45. The molecule has 0 unspecified atom stereocenters. The molecule has 0 bridgehead atoms. The van der Waals surface area contributed by atoms with Crippen molar-refractivity contribution >= 4 is 30.9 Å². The molecule has 4 aromatic rings. The molecule has 0 spiro atoms. The van der Waals surface area contributed by atoms with Gasteiger partial charge in [-0.2, -0.15) is 8.42 Å². The topological polar surface area (TPSA) is 93.3 Å². The van der Waals surface area contributed by atoms with Gasteiger partial charge in [0.1, 0.15) is 0 Å². The monoisotopic (exact) mass is 455 g/mol. The third-order valence-corrected chi connectivity index (χ3v) is 8.14. The van der Waals surface area contributed by atoms with E-state index in [1.165, 1.54) is 18.3 Å². The highest BCUT2D eigenvalue weighted by atomic mass is 32.2. The van der Waals surface area contributed by atoms with Crippen molar-refractivity contribution in [2.75, 3.05) is 6.61 Å². The summed E-state index contributed by atoms with van der Waals surface area (Å²) in [7, 11) is -7.63. The molecule has 160 valence electrons. The van der Waals surface area contributed by atoms with Crippen molar-refractivity contribution in [1.29, 1.82) is 0 Å². The number of rotatable bonds is 7. The van der Waals surface area contributed by atoms with Gasteiger partial charge in [-0.25, -0.2) is 8.42 Å². The van der Waals surface area contributed by atoms with Gasteiger partial charge in [-0.15, -0.1) is 0 Å². The maximum absolute atomic E-state index is 13.2. The van der Waals surface area contributed by atoms with Crippen molar-refractivity contribution in [3.8, 4) is 0 Å². The maximum Gasteiger partial charge on any atom is 0.296 e. The van der Waals surface area contributed by atoms with E-state index in [0.717, 1.165) is 5.56 Å². The highest BCUT2D eigenvalue weighted by Crippen LogP contribution is 2.31. The SMILES string of the molecule is Cc1ccc(S(=O)(=O)OCCc2cccc3[nH]cc(S(=O)(=O)c4ccccc4)c23)cc1. The third kappa shape index (κ3) is 4.27. The number of nitrogens with one attached hydrogen (secondary N) is 1. The molecule has 0 radical (unpaired) electrons. The van der Waals surface area contributed by atoms with E-state index < -0.39 is 20.0 Å². The zero-order chi connectivity index (χ0) is 22.1. The summed E-state index contributed by atoms with van der Waals surface area (Å²) in [6.45, 7) is 1.77. The smallest absolute Gasteiger partial charge is 0.296 e. The van der Waals surface area contributed by atoms with Crippen LogP contribution in [0.15, 0.2) is 93.7 Å². The van der Waals surface area contributed by atoms with Crippen molar-refractivity contribution in [1.82, 2.24) is 4.98 Å². The molecule has 31 heavy (non-hydrogen) atoms. The van der Waals surface area contributed by atoms with Gasteiger partial charge < -0.3 is 4.98 Å². The van der Waals surface area contributed by atoms with Crippen LogP contribution < -0.4 is 0 Å². The van der Waals surface area contributed by atoms with Gasteiger partial charge in [0.25, 0.3) is 10.1 Å². The van der Waals surface area contributed by atoms with E-state index in [1.54, 1.807) is 60.7 Å². The molecule has 0 aliphatic carbocycles. The summed E-state index contributed by atoms with van der Waals surface area (Å²) >= 11 is 0. The van der Waals surface area contributed by atoms with Gasteiger partial charge in [-0.05, 0) is 49.2 Å². The average Bonchev–Trinajstić information content (AvgIpc) is 3.21. The van der Waals surface area contributed by atoms with Crippen LogP contribution in [0.25, 0.3) is 10.9 Å². The van der Waals surface area contributed by atoms with E-state index in [0.29, 0.717) is 16.5 Å². The van der Waals surface area contributed by atoms with Crippen LogP contribution in [0.2, 0.25) is 0 Å². The number of benzene rings is 3. The van der Waals surface area contributed by atoms with Gasteiger partial charge in [0.2, 0.25) is 9.84 Å². The lowest BCUT2D eigenvalue weighted by Crippen LogP contribution is -2.09. The highest BCUT2D eigenvalue weighted by Gasteiger charge is 2.23. The number of aryl methyl sites for hydroxylation is 1. The lowest BCUT2D eigenvalue weighted by atomic mass is 10.1. The highest BCUT2D eigenvalue weighted by molar-refractivity contribution is 7.91. The van der Waals surface area contributed by atoms with Crippen LogP contribution in [0.5, 0.6) is 0 Å². The number of sulfone groups is 1. The van der Waals surface area contributed by atoms with E-state index >= 15 is 0 Å². The zero-order valence-electron chi connectivity index (χ0n) is 16.8. The van der Waals surface area contributed by atoms with Gasteiger partial charge in [-0.1, -0.05) is 48.0 Å². The summed E-state index contributed by atoms with van der Waals surface area (Å²) in [6, 6.07) is 20.0. The van der Waals surface area contributed by atoms with Crippen LogP contribution in [0.1, 0.15) is 11.1 Å². The number of hydrogen-bond donors (Lipinski definition) is 1. The van der Waals surface area contributed by atoms with Gasteiger partial charge >= 0.3 is 0 Å². The first kappa shape index (κ1) is 21.3. The van der Waals surface area contributed by atoms with Crippen molar-refractivity contribution in [2.24, 2.45) is 0 Å². The fourth-order valence-electron chi connectivity index (χ4n) is 3.41. The Morgan fingerprint density at radius 2 is 1.52 bits per heavy atom. The van der Waals surface area contributed by atoms with Crippen LogP contribution in [0.4, 0.5) is 0 Å². The predicted octanol–water partition coefficient (Wildman–Crippen LogP) is 4.26. The summed E-state index contributed by atoms with van der Waals surface area (Å²) < 4.78 is 56.4. The molecular formula is C23H21NO5S2. The summed E-state index contributed by atoms with van der Waals surface area (Å²) in [5, 5.41) is 0.544. The molecular weight excluding hydrogens is 434 g/mol. The van der Waals surface area contributed by atoms with Gasteiger partial charge in [0.05, 0.1) is 21.3 Å². The molecule has 0 saturated carbocycles. The first-order chi connectivity index (χ1) is 14.8. The number of aromatic amines is 1. The van der Waals surface area contributed by atoms with Crippen molar-refractivity contribution in [3.63, 3.8) is 0 Å². The van der Waals surface area contributed by atoms with E-state index in [-0.39, 0.29) is 27.7 Å². The minimum atomic E-state index is -3.89. The number of fused-ring (bicyclic) bond motifs is 1. The second-order valence-electron chi connectivity index (χ2n) is 7.15. The van der Waals surface area contributed by atoms with Crippen LogP contribution in [0, 0.1) is 6.92 Å². The molecule has 0 aliphatic heterocycles. The van der Waals surface area contributed by atoms with Crippen LogP contribution in [-0.4, -0.2) is 28.4 Å². The second kappa shape index (κ2) is 8.30. The fourth-order valence-corrected chi connectivity index (χ4v) is 5.81. The minimum Gasteiger partial charge on any atom is -0.360 e. The van der Waals surface area contributed by atoms with Gasteiger partial charge in [0, 0.05) is 17.1 Å². The quantitative estimate of drug-likeness (QED) is 0.420. The Labute approximate surface area is 181 Å². The Kier molecular flexibility index (Phi) is 5.70. The molecule has 3 aromatic carbocycles. The van der Waals surface area contributed by atoms with Crippen LogP contribution >= 0.6 is 0 Å². The molecule has 0 amide bonds. The first-order valence-corrected chi connectivity index (χ1v) is 12.5. The molecule has 0 atom stereocenters. The lowest BCUT2D eigenvalue weighted by molar-refractivity contribution is 0.322. The lowest BCUT2D eigenvalue weighted by Gasteiger charge is -2.09. The summed E-state index contributed by atoms with van der Waals surface area (Å²) in [6.07, 6.45) is 1.71. The molecule has 8 heteroatoms. The largest absolute Gasteiger partial charge is 0.360 e. The Morgan fingerprint density at radius 1 is 0.806 bits per heavy atom. The van der Waals surface area contributed by atoms with Crippen molar-refractivity contribution in [2.45, 2.75) is 28.0 Å². The average molecular weight is 456 g/mol. The number of hydrogen-bond acceptors (Lipinski definition) is 5. The Morgan fingerprint density at radius 3 is 2.23 bits per heavy atom. The molecule has 6 nitrogen and oxygen atoms in total. The second-order valence-corrected chi connectivity index (χ2v) is 10.7. The third-order valence-electron chi connectivity index (χ3n) is 5.02. The Balaban J connectivity index is 1.62. The normalized spacial score (nSPS) is 12.3. The molecule has 1 N–H and O–H groups in total. The molecule has 0 aliphatic rings. The van der Waals surface area contributed by atoms with E-state index in [9.17, 15) is 16.8 Å². The fraction of sp³-hybridized carbons (Fsp3) is 0.130. The molecule has 0 fully saturated rings. The van der Waals surface area contributed by atoms with Crippen LogP contribution in [-0.2, 0) is 30.6 Å². The number of aromatic nitrogens is 1. The molecule has 0 saturated heterocycles. The van der Waals surface area contributed by atoms with Gasteiger partial charge in [-0.3, -0.25) is 4.18 Å². The Hall–Kier alpha value is -2.94. The van der Waals surface area contributed by atoms with E-state index in [2.05, 4.69) is 4.98 Å². The predicted molar refractivity (Wildman–Crippen MR) is 118 cm³/mol.